The SMILES string of the molecule is CC[C@@H](Nc1c(Nc2ccc(Cl)c(S(=O)(=O)N3C[C@@H](O)CO3)c2O)c(=O)c1=O)c1ccc(C)o1. The van der Waals surface area contributed by atoms with Crippen molar-refractivity contribution >= 4 is 38.7 Å². The van der Waals surface area contributed by atoms with Gasteiger partial charge in [-0.05, 0) is 37.6 Å². The van der Waals surface area contributed by atoms with Gasteiger partial charge in [-0.3, -0.25) is 14.4 Å². The number of aromatic hydroxyl groups is 1. The number of phenols is 1. The number of hydrogen-bond acceptors (Lipinski definition) is 10. The molecule has 0 aliphatic carbocycles. The van der Waals surface area contributed by atoms with Gasteiger partial charge in [0.25, 0.3) is 20.9 Å². The highest BCUT2D eigenvalue weighted by Gasteiger charge is 2.37. The van der Waals surface area contributed by atoms with Crippen LogP contribution in [0.25, 0.3) is 0 Å². The van der Waals surface area contributed by atoms with Gasteiger partial charge in [-0.25, -0.2) is 8.42 Å². The predicted molar refractivity (Wildman–Crippen MR) is 124 cm³/mol. The Morgan fingerprint density at radius 2 is 1.91 bits per heavy atom. The zero-order valence-corrected chi connectivity index (χ0v) is 19.7. The van der Waals surface area contributed by atoms with E-state index in [4.69, 9.17) is 20.9 Å². The minimum absolute atomic E-state index is 0.0179. The first kappa shape index (κ1) is 24.2. The normalized spacial score (nSPS) is 17.8. The molecule has 1 aliphatic rings. The van der Waals surface area contributed by atoms with E-state index in [0.717, 1.165) is 0 Å². The monoisotopic (exact) mass is 511 g/mol. The Bertz CT molecular complexity index is 1410. The van der Waals surface area contributed by atoms with E-state index in [2.05, 4.69) is 10.6 Å². The van der Waals surface area contributed by atoms with E-state index in [0.29, 0.717) is 22.4 Å². The summed E-state index contributed by atoms with van der Waals surface area (Å²) in [7, 11) is -4.44. The van der Waals surface area contributed by atoms with Crippen LogP contribution in [0, 0.1) is 6.92 Å². The number of aliphatic hydroxyl groups is 1. The van der Waals surface area contributed by atoms with E-state index < -0.39 is 43.7 Å². The molecule has 0 amide bonds. The van der Waals surface area contributed by atoms with Gasteiger partial charge in [0.1, 0.15) is 27.8 Å². The molecule has 1 aliphatic heterocycles. The minimum Gasteiger partial charge on any atom is -0.504 e. The van der Waals surface area contributed by atoms with E-state index in [1.165, 1.54) is 12.1 Å². The molecule has 34 heavy (non-hydrogen) atoms. The van der Waals surface area contributed by atoms with Crippen LogP contribution in [-0.2, 0) is 14.9 Å². The lowest BCUT2D eigenvalue weighted by molar-refractivity contribution is -0.0317. The lowest BCUT2D eigenvalue weighted by atomic mass is 10.1. The summed E-state index contributed by atoms with van der Waals surface area (Å²) < 4.78 is 32.0. The molecule has 0 unspecified atom stereocenters. The molecule has 182 valence electrons. The molecule has 3 aromatic rings. The van der Waals surface area contributed by atoms with Crippen LogP contribution in [0.4, 0.5) is 17.1 Å². The third-order valence-corrected chi connectivity index (χ3v) is 7.53. The van der Waals surface area contributed by atoms with Crippen molar-refractivity contribution in [2.75, 3.05) is 23.8 Å². The molecule has 11 nitrogen and oxygen atoms in total. The lowest BCUT2D eigenvalue weighted by Crippen LogP contribution is -2.37. The van der Waals surface area contributed by atoms with Gasteiger partial charge in [-0.15, -0.1) is 0 Å². The Kier molecular flexibility index (Phi) is 6.44. The fourth-order valence-electron chi connectivity index (χ4n) is 3.58. The highest BCUT2D eigenvalue weighted by atomic mass is 35.5. The fraction of sp³-hybridized carbons (Fsp3) is 0.333. The maximum Gasteiger partial charge on any atom is 0.270 e. The largest absolute Gasteiger partial charge is 0.504 e. The van der Waals surface area contributed by atoms with Crippen molar-refractivity contribution in [3.63, 3.8) is 0 Å². The number of phenolic OH excluding ortho intramolecular Hbond substituents is 1. The number of nitrogens with one attached hydrogen (secondary N) is 2. The highest BCUT2D eigenvalue weighted by molar-refractivity contribution is 7.89. The van der Waals surface area contributed by atoms with E-state index in [-0.39, 0.29) is 35.2 Å². The van der Waals surface area contributed by atoms with Gasteiger partial charge in [0.15, 0.2) is 5.75 Å². The van der Waals surface area contributed by atoms with Crippen LogP contribution in [-0.4, -0.2) is 42.4 Å². The number of aliphatic hydroxyl groups excluding tert-OH is 1. The second kappa shape index (κ2) is 9.04. The van der Waals surface area contributed by atoms with Crippen LogP contribution >= 0.6 is 11.6 Å². The van der Waals surface area contributed by atoms with Crippen molar-refractivity contribution in [2.45, 2.75) is 37.3 Å². The summed E-state index contributed by atoms with van der Waals surface area (Å²) in [6.45, 7) is 3.07. The van der Waals surface area contributed by atoms with Gasteiger partial charge in [-0.1, -0.05) is 23.0 Å². The Hall–Kier alpha value is -2.90. The number of nitrogens with zero attached hydrogens (tertiary/aromatic N) is 1. The summed E-state index contributed by atoms with van der Waals surface area (Å²) in [4.78, 5) is 28.8. The van der Waals surface area contributed by atoms with Gasteiger partial charge in [0, 0.05) is 0 Å². The number of halogens is 1. The molecule has 2 heterocycles. The standard InChI is InChI=1S/C21H22ClN3O8S/c1-3-13(15-7-4-10(2)33-15)23-16-17(20(29)19(16)28)24-14-6-5-12(22)21(18(14)27)34(30,31)25-8-11(26)9-32-25/h4-7,11,13,23-24,26-27H,3,8-9H2,1-2H3/t11-,13-/m1/s1. The quantitative estimate of drug-likeness (QED) is 0.261. The van der Waals surface area contributed by atoms with Crippen molar-refractivity contribution in [1.82, 2.24) is 4.47 Å². The summed E-state index contributed by atoms with van der Waals surface area (Å²) in [5.41, 5.74) is -1.92. The van der Waals surface area contributed by atoms with Gasteiger partial charge in [-0.2, -0.15) is 0 Å². The number of β-amino-alcohol motifs (C(OH)–C–C–N with tert-alkyl or cyclic N) is 1. The average molecular weight is 512 g/mol. The molecule has 4 N–H and O–H groups in total. The zero-order valence-electron chi connectivity index (χ0n) is 18.2. The number of furan rings is 1. The van der Waals surface area contributed by atoms with Gasteiger partial charge in [0.2, 0.25) is 0 Å². The molecule has 2 atom stereocenters. The molecule has 1 saturated heterocycles. The number of hydrogen-bond donors (Lipinski definition) is 4. The Morgan fingerprint density at radius 3 is 2.50 bits per heavy atom. The molecule has 4 rings (SSSR count). The summed E-state index contributed by atoms with van der Waals surface area (Å²) in [5.74, 6) is 0.493. The van der Waals surface area contributed by atoms with Crippen LogP contribution in [0.5, 0.6) is 5.75 Å². The Morgan fingerprint density at radius 1 is 1.21 bits per heavy atom. The van der Waals surface area contributed by atoms with Crippen LogP contribution in [0.2, 0.25) is 5.02 Å². The zero-order chi connectivity index (χ0) is 24.8. The summed E-state index contributed by atoms with van der Waals surface area (Å²) in [5, 5.41) is 25.6. The first-order chi connectivity index (χ1) is 16.0. The van der Waals surface area contributed by atoms with Gasteiger partial charge in [0.05, 0.1) is 36.0 Å². The Labute approximate surface area is 199 Å². The second-order valence-corrected chi connectivity index (χ2v) is 9.97. The maximum atomic E-state index is 12.9. The fourth-order valence-corrected chi connectivity index (χ4v) is 5.47. The molecule has 0 radical (unpaired) electrons. The second-order valence-electron chi connectivity index (χ2n) is 7.80. The van der Waals surface area contributed by atoms with Crippen LogP contribution in [0.15, 0.2) is 43.2 Å². The Balaban J connectivity index is 1.66. The average Bonchev–Trinajstić information content (AvgIpc) is 3.43. The molecular weight excluding hydrogens is 490 g/mol. The van der Waals surface area contributed by atoms with E-state index in [1.807, 2.05) is 6.92 Å². The maximum absolute atomic E-state index is 12.9. The van der Waals surface area contributed by atoms with Gasteiger partial charge < -0.3 is 25.3 Å². The number of anilines is 3. The molecular formula is C21H22ClN3O8S. The van der Waals surface area contributed by atoms with E-state index >= 15 is 0 Å². The smallest absolute Gasteiger partial charge is 0.270 e. The molecule has 1 fully saturated rings. The predicted octanol–water partition coefficient (Wildman–Crippen LogP) is 2.15. The number of sulfonamides is 1. The third kappa shape index (κ3) is 4.18. The number of rotatable bonds is 8. The summed E-state index contributed by atoms with van der Waals surface area (Å²) >= 11 is 6.06. The number of benzene rings is 1. The topological polar surface area (TPSA) is 158 Å². The van der Waals surface area contributed by atoms with Crippen molar-refractivity contribution < 1.29 is 27.9 Å². The molecule has 0 spiro atoms. The first-order valence-corrected chi connectivity index (χ1v) is 12.1. The van der Waals surface area contributed by atoms with Crippen molar-refractivity contribution in [3.05, 3.63) is 61.3 Å². The number of hydroxylamine groups is 1. The molecule has 0 bridgehead atoms. The number of aryl methyl sites for hydroxylation is 1. The van der Waals surface area contributed by atoms with E-state index in [9.17, 15) is 28.2 Å². The third-order valence-electron chi connectivity index (χ3n) is 5.38. The van der Waals surface area contributed by atoms with Crippen molar-refractivity contribution in [1.29, 1.82) is 0 Å². The minimum atomic E-state index is -4.44. The van der Waals surface area contributed by atoms with Crippen molar-refractivity contribution in [3.8, 4) is 5.75 Å². The van der Waals surface area contributed by atoms with Crippen molar-refractivity contribution in [2.24, 2.45) is 0 Å². The highest BCUT2D eigenvalue weighted by Crippen LogP contribution is 2.41. The first-order valence-electron chi connectivity index (χ1n) is 10.3. The van der Waals surface area contributed by atoms with E-state index in [1.54, 1.807) is 19.1 Å². The summed E-state index contributed by atoms with van der Waals surface area (Å²) in [6.07, 6.45) is -0.486. The molecule has 1 aromatic heterocycles. The van der Waals surface area contributed by atoms with Gasteiger partial charge >= 0.3 is 0 Å². The van der Waals surface area contributed by atoms with Crippen LogP contribution in [0.3, 0.4) is 0 Å². The van der Waals surface area contributed by atoms with Crippen LogP contribution in [0.1, 0.15) is 30.9 Å². The summed E-state index contributed by atoms with van der Waals surface area (Å²) in [6, 6.07) is 5.62. The molecule has 0 saturated carbocycles. The van der Waals surface area contributed by atoms with Crippen LogP contribution < -0.4 is 21.5 Å². The molecule has 2 aromatic carbocycles. The lowest BCUT2D eigenvalue weighted by Gasteiger charge is -2.21. The molecule has 13 heteroatoms.